The van der Waals surface area contributed by atoms with E-state index in [2.05, 4.69) is 26.1 Å². The molecule has 0 aromatic rings. The number of aliphatic hydroxyl groups excluding tert-OH is 2. The highest BCUT2D eigenvalue weighted by atomic mass is 16.5. The van der Waals surface area contributed by atoms with Crippen molar-refractivity contribution in [1.29, 1.82) is 0 Å². The Morgan fingerprint density at radius 1 is 0.424 bits per heavy atom. The summed E-state index contributed by atoms with van der Waals surface area (Å²) < 4.78 is 5.94. The maximum Gasteiger partial charge on any atom is 0.306 e. The number of carbonyl (C=O) groups is 2. The molecule has 3 unspecified atom stereocenters. The molecular formula is C53H105NO5. The summed E-state index contributed by atoms with van der Waals surface area (Å²) in [6.07, 6.45) is 51.6. The van der Waals surface area contributed by atoms with Crippen molar-refractivity contribution in [3.8, 4) is 0 Å². The highest BCUT2D eigenvalue weighted by Gasteiger charge is 2.24. The molecule has 6 heteroatoms. The van der Waals surface area contributed by atoms with Crippen LogP contribution in [0.3, 0.4) is 0 Å². The van der Waals surface area contributed by atoms with Gasteiger partial charge in [-0.25, -0.2) is 0 Å². The van der Waals surface area contributed by atoms with Gasteiger partial charge < -0.3 is 20.3 Å². The Hall–Kier alpha value is -1.14. The Morgan fingerprint density at radius 3 is 1.03 bits per heavy atom. The first-order chi connectivity index (χ1) is 29.0. The third-order valence-corrected chi connectivity index (χ3v) is 12.7. The van der Waals surface area contributed by atoms with Crippen LogP contribution in [0, 0.1) is 0 Å². The van der Waals surface area contributed by atoms with Crippen LogP contribution in [0.25, 0.3) is 0 Å². The minimum Gasteiger partial charge on any atom is -0.462 e. The Bertz CT molecular complexity index is 852. The monoisotopic (exact) mass is 836 g/mol. The van der Waals surface area contributed by atoms with Crippen molar-refractivity contribution < 1.29 is 24.5 Å². The number of esters is 1. The van der Waals surface area contributed by atoms with Gasteiger partial charge in [0.25, 0.3) is 0 Å². The maximum atomic E-state index is 13.2. The minimum absolute atomic E-state index is 0.0877. The molecule has 6 nitrogen and oxygen atoms in total. The second kappa shape index (κ2) is 47.9. The summed E-state index contributed by atoms with van der Waals surface area (Å²) in [7, 11) is 0. The largest absolute Gasteiger partial charge is 0.462 e. The molecule has 0 aromatic carbocycles. The first-order valence-electron chi connectivity index (χ1n) is 26.8. The van der Waals surface area contributed by atoms with Crippen LogP contribution >= 0.6 is 0 Å². The normalized spacial score (nSPS) is 13.1. The van der Waals surface area contributed by atoms with Gasteiger partial charge in [0.2, 0.25) is 5.91 Å². The fourth-order valence-electron chi connectivity index (χ4n) is 8.61. The van der Waals surface area contributed by atoms with E-state index < -0.39 is 18.2 Å². The first kappa shape index (κ1) is 57.9. The van der Waals surface area contributed by atoms with Gasteiger partial charge in [-0.05, 0) is 25.7 Å². The van der Waals surface area contributed by atoms with E-state index in [1.165, 1.54) is 218 Å². The van der Waals surface area contributed by atoms with Crippen LogP contribution in [-0.4, -0.2) is 46.9 Å². The van der Waals surface area contributed by atoms with Gasteiger partial charge in [0.1, 0.15) is 6.10 Å². The van der Waals surface area contributed by atoms with Gasteiger partial charge >= 0.3 is 5.97 Å². The summed E-state index contributed by atoms with van der Waals surface area (Å²) in [5.41, 5.74) is 0. The Labute approximate surface area is 368 Å². The van der Waals surface area contributed by atoms with Crippen LogP contribution < -0.4 is 5.32 Å². The minimum atomic E-state index is -0.779. The van der Waals surface area contributed by atoms with Crippen molar-refractivity contribution >= 4 is 11.9 Å². The summed E-state index contributed by atoms with van der Waals surface area (Å²) >= 11 is 0. The lowest BCUT2D eigenvalue weighted by atomic mass is 10.0. The molecule has 0 aromatic heterocycles. The molecule has 0 saturated heterocycles. The Morgan fingerprint density at radius 2 is 0.712 bits per heavy atom. The number of amides is 1. The third kappa shape index (κ3) is 43.3. The van der Waals surface area contributed by atoms with E-state index in [9.17, 15) is 19.8 Å². The zero-order valence-corrected chi connectivity index (χ0v) is 40.2. The van der Waals surface area contributed by atoms with E-state index in [0.29, 0.717) is 19.3 Å². The predicted octanol–water partition coefficient (Wildman–Crippen LogP) is 16.0. The second-order valence-corrected chi connectivity index (χ2v) is 18.6. The van der Waals surface area contributed by atoms with E-state index in [-0.39, 0.29) is 24.9 Å². The summed E-state index contributed by atoms with van der Waals surface area (Å²) in [6, 6.07) is -0.692. The smallest absolute Gasteiger partial charge is 0.306 e. The van der Waals surface area contributed by atoms with Crippen molar-refractivity contribution in [3.63, 3.8) is 0 Å². The zero-order chi connectivity index (χ0) is 43.1. The van der Waals surface area contributed by atoms with Gasteiger partial charge in [0, 0.05) is 6.42 Å². The Kier molecular flexibility index (Phi) is 47.0. The number of carbonyl (C=O) groups excluding carboxylic acids is 2. The lowest BCUT2D eigenvalue weighted by Gasteiger charge is -2.24. The molecule has 0 rings (SSSR count). The van der Waals surface area contributed by atoms with E-state index >= 15 is 0 Å². The lowest BCUT2D eigenvalue weighted by Crippen LogP contribution is -2.46. The standard InChI is InChI=1S/C53H105NO5/c1-4-7-10-13-16-19-22-24-26-28-31-34-37-40-43-46-53(58)59-49(44-41-38-35-32-29-21-18-15-12-9-6-3)47-52(57)54-50(48-55)51(56)45-42-39-36-33-30-27-25-23-20-17-14-11-8-5-2/h49-51,55-56H,4-48H2,1-3H3,(H,54,57). The van der Waals surface area contributed by atoms with Gasteiger partial charge in [-0.2, -0.15) is 0 Å². The van der Waals surface area contributed by atoms with Gasteiger partial charge in [-0.3, -0.25) is 9.59 Å². The molecule has 0 aliphatic carbocycles. The second-order valence-electron chi connectivity index (χ2n) is 18.6. The fourth-order valence-corrected chi connectivity index (χ4v) is 8.61. The molecule has 0 aliphatic heterocycles. The number of unbranched alkanes of at least 4 members (excludes halogenated alkanes) is 37. The Balaban J connectivity index is 4.45. The fraction of sp³-hybridized carbons (Fsp3) is 0.962. The molecule has 0 fully saturated rings. The molecule has 0 spiro atoms. The zero-order valence-electron chi connectivity index (χ0n) is 40.2. The average Bonchev–Trinajstić information content (AvgIpc) is 3.23. The van der Waals surface area contributed by atoms with Gasteiger partial charge in [0.15, 0.2) is 0 Å². The average molecular weight is 836 g/mol. The predicted molar refractivity (Wildman–Crippen MR) is 255 cm³/mol. The summed E-state index contributed by atoms with van der Waals surface area (Å²) in [5.74, 6) is -0.450. The third-order valence-electron chi connectivity index (χ3n) is 12.7. The number of hydrogen-bond donors (Lipinski definition) is 3. The van der Waals surface area contributed by atoms with Gasteiger partial charge in [-0.1, -0.05) is 265 Å². The quantitative estimate of drug-likeness (QED) is 0.0419. The van der Waals surface area contributed by atoms with Crippen LogP contribution in [0.15, 0.2) is 0 Å². The lowest BCUT2D eigenvalue weighted by molar-refractivity contribution is -0.151. The summed E-state index contributed by atoms with van der Waals surface area (Å²) in [5, 5.41) is 23.8. The van der Waals surface area contributed by atoms with Crippen molar-refractivity contribution in [3.05, 3.63) is 0 Å². The molecule has 3 N–H and O–H groups in total. The number of rotatable bonds is 49. The molecule has 0 heterocycles. The van der Waals surface area contributed by atoms with E-state index in [4.69, 9.17) is 4.74 Å². The van der Waals surface area contributed by atoms with Crippen molar-refractivity contribution in [2.24, 2.45) is 0 Å². The highest BCUT2D eigenvalue weighted by Crippen LogP contribution is 2.19. The molecule has 3 atom stereocenters. The first-order valence-corrected chi connectivity index (χ1v) is 26.8. The van der Waals surface area contributed by atoms with E-state index in [1.54, 1.807) is 0 Å². The molecule has 352 valence electrons. The van der Waals surface area contributed by atoms with E-state index in [0.717, 1.165) is 38.5 Å². The van der Waals surface area contributed by atoms with Crippen molar-refractivity contribution in [1.82, 2.24) is 5.32 Å². The number of hydrogen-bond acceptors (Lipinski definition) is 5. The van der Waals surface area contributed by atoms with Crippen molar-refractivity contribution in [2.75, 3.05) is 6.61 Å². The molecule has 0 radical (unpaired) electrons. The van der Waals surface area contributed by atoms with Crippen LogP contribution in [0.4, 0.5) is 0 Å². The molecular weight excluding hydrogens is 731 g/mol. The molecule has 59 heavy (non-hydrogen) atoms. The van der Waals surface area contributed by atoms with Gasteiger partial charge in [-0.15, -0.1) is 0 Å². The number of aliphatic hydroxyl groups is 2. The number of nitrogens with one attached hydrogen (secondary N) is 1. The maximum absolute atomic E-state index is 13.2. The molecule has 0 saturated carbocycles. The van der Waals surface area contributed by atoms with Crippen LogP contribution in [0.5, 0.6) is 0 Å². The van der Waals surface area contributed by atoms with Gasteiger partial charge in [0.05, 0.1) is 25.2 Å². The topological polar surface area (TPSA) is 95.9 Å². The molecule has 0 aliphatic rings. The number of ether oxygens (including phenoxy) is 1. The molecule has 1 amide bonds. The SMILES string of the molecule is CCCCCCCCCCCCCCCCCC(=O)OC(CCCCCCCCCCCCC)CC(=O)NC(CO)C(O)CCCCCCCCCCCCCCCC. The van der Waals surface area contributed by atoms with Crippen LogP contribution in [0.1, 0.15) is 303 Å². The van der Waals surface area contributed by atoms with Crippen LogP contribution in [-0.2, 0) is 14.3 Å². The van der Waals surface area contributed by atoms with Crippen LogP contribution in [0.2, 0.25) is 0 Å². The summed E-state index contributed by atoms with van der Waals surface area (Å²) in [4.78, 5) is 26.1. The molecule has 0 bridgehead atoms. The summed E-state index contributed by atoms with van der Waals surface area (Å²) in [6.45, 7) is 6.51. The highest BCUT2D eigenvalue weighted by molar-refractivity contribution is 5.77. The van der Waals surface area contributed by atoms with Crippen molar-refractivity contribution in [2.45, 2.75) is 322 Å². The van der Waals surface area contributed by atoms with E-state index in [1.807, 2.05) is 0 Å².